The Morgan fingerprint density at radius 2 is 2.14 bits per heavy atom. The molecule has 1 aromatic carbocycles. The van der Waals surface area contributed by atoms with Crippen LogP contribution in [0.4, 0.5) is 0 Å². The van der Waals surface area contributed by atoms with Gasteiger partial charge in [-0.2, -0.15) is 0 Å². The zero-order valence-corrected chi connectivity index (χ0v) is 16.0. The van der Waals surface area contributed by atoms with Crippen molar-refractivity contribution in [2.75, 3.05) is 20.2 Å². The molecule has 5 rings (SSSR count). The lowest BCUT2D eigenvalue weighted by molar-refractivity contribution is 0.317. The van der Waals surface area contributed by atoms with E-state index >= 15 is 0 Å². The van der Waals surface area contributed by atoms with Crippen LogP contribution in [0.5, 0.6) is 5.75 Å². The predicted octanol–water partition coefficient (Wildman–Crippen LogP) is 3.07. The summed E-state index contributed by atoms with van der Waals surface area (Å²) in [7, 11) is 1.67. The molecule has 0 spiro atoms. The summed E-state index contributed by atoms with van der Waals surface area (Å²) in [4.78, 5) is 15.4. The second-order valence-corrected chi connectivity index (χ2v) is 7.12. The maximum Gasteiger partial charge on any atom is 0.267 e. The monoisotopic (exact) mass is 388 g/mol. The summed E-state index contributed by atoms with van der Waals surface area (Å²) >= 11 is 0. The first-order chi connectivity index (χ1) is 14.3. The summed E-state index contributed by atoms with van der Waals surface area (Å²) in [6.07, 6.45) is 5.84. The summed E-state index contributed by atoms with van der Waals surface area (Å²) in [5.41, 5.74) is 2.62. The van der Waals surface area contributed by atoms with Gasteiger partial charge in [-0.3, -0.25) is 14.9 Å². The van der Waals surface area contributed by atoms with E-state index in [1.54, 1.807) is 25.7 Å². The average molecular weight is 388 g/mol. The van der Waals surface area contributed by atoms with Crippen LogP contribution in [0.2, 0.25) is 0 Å². The number of fused-ring (bicyclic) bond motifs is 1. The van der Waals surface area contributed by atoms with Crippen molar-refractivity contribution in [3.05, 3.63) is 60.5 Å². The fourth-order valence-corrected chi connectivity index (χ4v) is 3.68. The van der Waals surface area contributed by atoms with Gasteiger partial charge in [0.2, 0.25) is 5.89 Å². The van der Waals surface area contributed by atoms with Gasteiger partial charge in [-0.05, 0) is 37.2 Å². The molecule has 4 heterocycles. The number of hydrogen-bond donors (Lipinski definition) is 0. The van der Waals surface area contributed by atoms with Crippen LogP contribution >= 0.6 is 0 Å². The Bertz CT molecular complexity index is 1130. The van der Waals surface area contributed by atoms with Gasteiger partial charge in [-0.1, -0.05) is 6.07 Å². The molecule has 0 radical (unpaired) electrons. The molecule has 8 nitrogen and oxygen atoms in total. The van der Waals surface area contributed by atoms with E-state index in [9.17, 15) is 0 Å². The van der Waals surface area contributed by atoms with E-state index in [0.717, 1.165) is 48.4 Å². The highest BCUT2D eigenvalue weighted by Gasteiger charge is 2.28. The maximum atomic E-state index is 5.85. The molecule has 146 valence electrons. The average Bonchev–Trinajstić information content (AvgIpc) is 3.44. The molecule has 0 N–H and O–H groups in total. The quantitative estimate of drug-likeness (QED) is 0.515. The SMILES string of the molecule is COc1ccc2nc(CN3CC[C@@H](c4nnc(-c5cnccn5)o4)C3)ccc2c1. The zero-order chi connectivity index (χ0) is 19.6. The van der Waals surface area contributed by atoms with Crippen molar-refractivity contribution in [3.8, 4) is 17.3 Å². The molecule has 0 bridgehead atoms. The Hall–Kier alpha value is -3.39. The van der Waals surface area contributed by atoms with Crippen LogP contribution in [0, 0.1) is 0 Å². The number of ether oxygens (including phenoxy) is 1. The third-order valence-electron chi connectivity index (χ3n) is 5.18. The van der Waals surface area contributed by atoms with Crippen molar-refractivity contribution in [3.63, 3.8) is 0 Å². The molecule has 8 heteroatoms. The summed E-state index contributed by atoms with van der Waals surface area (Å²) < 4.78 is 11.1. The Morgan fingerprint density at radius 1 is 1.17 bits per heavy atom. The number of nitrogens with zero attached hydrogens (tertiary/aromatic N) is 6. The highest BCUT2D eigenvalue weighted by Crippen LogP contribution is 2.29. The van der Waals surface area contributed by atoms with Crippen molar-refractivity contribution in [2.24, 2.45) is 0 Å². The van der Waals surface area contributed by atoms with E-state index in [0.29, 0.717) is 17.5 Å². The number of hydrogen-bond acceptors (Lipinski definition) is 8. The van der Waals surface area contributed by atoms with E-state index in [-0.39, 0.29) is 5.92 Å². The largest absolute Gasteiger partial charge is 0.497 e. The van der Waals surface area contributed by atoms with Crippen molar-refractivity contribution < 1.29 is 9.15 Å². The van der Waals surface area contributed by atoms with Crippen LogP contribution in [-0.2, 0) is 6.54 Å². The van der Waals surface area contributed by atoms with Gasteiger partial charge in [0, 0.05) is 30.9 Å². The molecule has 3 aromatic heterocycles. The summed E-state index contributed by atoms with van der Waals surface area (Å²) in [5.74, 6) is 2.14. The first-order valence-electron chi connectivity index (χ1n) is 9.54. The molecule has 0 unspecified atom stereocenters. The van der Waals surface area contributed by atoms with Gasteiger partial charge in [0.05, 0.1) is 30.4 Å². The van der Waals surface area contributed by atoms with E-state index in [4.69, 9.17) is 14.1 Å². The van der Waals surface area contributed by atoms with Gasteiger partial charge >= 0.3 is 0 Å². The predicted molar refractivity (Wildman–Crippen MR) is 106 cm³/mol. The first-order valence-corrected chi connectivity index (χ1v) is 9.54. The minimum absolute atomic E-state index is 0.220. The molecule has 0 aliphatic carbocycles. The minimum Gasteiger partial charge on any atom is -0.497 e. The minimum atomic E-state index is 0.220. The molecule has 1 saturated heterocycles. The molecule has 1 fully saturated rings. The Kier molecular flexibility index (Phi) is 4.61. The maximum absolute atomic E-state index is 5.85. The highest BCUT2D eigenvalue weighted by atomic mass is 16.5. The summed E-state index contributed by atoms with van der Waals surface area (Å²) in [6, 6.07) is 10.1. The lowest BCUT2D eigenvalue weighted by atomic mass is 10.1. The Balaban J connectivity index is 1.27. The van der Waals surface area contributed by atoms with Gasteiger partial charge in [-0.25, -0.2) is 4.98 Å². The van der Waals surface area contributed by atoms with Gasteiger partial charge in [0.15, 0.2) is 0 Å². The van der Waals surface area contributed by atoms with Crippen LogP contribution in [0.1, 0.15) is 23.9 Å². The van der Waals surface area contributed by atoms with Gasteiger partial charge in [0.25, 0.3) is 5.89 Å². The summed E-state index contributed by atoms with van der Waals surface area (Å²) in [6.45, 7) is 2.63. The normalized spacial score (nSPS) is 17.1. The standard InChI is InChI=1S/C21H20N6O2/c1-28-17-4-5-18-14(10-17)2-3-16(24-18)13-27-9-6-15(12-27)20-25-26-21(29-20)19-11-22-7-8-23-19/h2-5,7-8,10-11,15H,6,9,12-13H2,1H3/t15-/m1/s1. The highest BCUT2D eigenvalue weighted by molar-refractivity contribution is 5.80. The van der Waals surface area contributed by atoms with E-state index in [2.05, 4.69) is 37.2 Å². The van der Waals surface area contributed by atoms with Crippen LogP contribution in [0.15, 0.2) is 53.3 Å². The smallest absolute Gasteiger partial charge is 0.267 e. The number of methoxy groups -OCH3 is 1. The number of pyridine rings is 1. The van der Waals surface area contributed by atoms with Crippen molar-refractivity contribution in [1.29, 1.82) is 0 Å². The molecule has 1 aliphatic heterocycles. The Labute approximate surface area is 167 Å². The number of benzene rings is 1. The second-order valence-electron chi connectivity index (χ2n) is 7.12. The fourth-order valence-electron chi connectivity index (χ4n) is 3.68. The first kappa shape index (κ1) is 17.7. The molecular weight excluding hydrogens is 368 g/mol. The zero-order valence-electron chi connectivity index (χ0n) is 16.0. The van der Waals surface area contributed by atoms with Crippen LogP contribution in [0.25, 0.3) is 22.5 Å². The Morgan fingerprint density at radius 3 is 3.00 bits per heavy atom. The third kappa shape index (κ3) is 3.66. The van der Waals surface area contributed by atoms with E-state index < -0.39 is 0 Å². The van der Waals surface area contributed by atoms with Gasteiger partial charge in [-0.15, -0.1) is 10.2 Å². The molecule has 1 atom stereocenters. The van der Waals surface area contributed by atoms with Gasteiger partial charge in [0.1, 0.15) is 11.4 Å². The summed E-state index contributed by atoms with van der Waals surface area (Å²) in [5, 5.41) is 9.44. The van der Waals surface area contributed by atoms with Crippen LogP contribution < -0.4 is 4.74 Å². The van der Waals surface area contributed by atoms with Crippen molar-refractivity contribution in [1.82, 2.24) is 30.0 Å². The van der Waals surface area contributed by atoms with E-state index in [1.165, 1.54) is 0 Å². The lowest BCUT2D eigenvalue weighted by Gasteiger charge is -2.15. The molecular formula is C21H20N6O2. The van der Waals surface area contributed by atoms with Crippen LogP contribution in [0.3, 0.4) is 0 Å². The lowest BCUT2D eigenvalue weighted by Crippen LogP contribution is -2.20. The molecule has 0 amide bonds. The van der Waals surface area contributed by atoms with E-state index in [1.807, 2.05) is 18.2 Å². The van der Waals surface area contributed by atoms with Gasteiger partial charge < -0.3 is 9.15 Å². The van der Waals surface area contributed by atoms with Crippen LogP contribution in [-0.4, -0.2) is 50.2 Å². The number of rotatable bonds is 5. The molecule has 4 aromatic rings. The van der Waals surface area contributed by atoms with Crippen molar-refractivity contribution in [2.45, 2.75) is 18.9 Å². The third-order valence-corrected chi connectivity index (χ3v) is 5.18. The molecule has 0 saturated carbocycles. The number of aromatic nitrogens is 5. The fraction of sp³-hybridized carbons (Fsp3) is 0.286. The topological polar surface area (TPSA) is 90.1 Å². The number of likely N-dealkylation sites (tertiary alicyclic amines) is 1. The van der Waals surface area contributed by atoms with Crippen molar-refractivity contribution >= 4 is 10.9 Å². The molecule has 1 aliphatic rings. The second kappa shape index (κ2) is 7.56. The molecule has 29 heavy (non-hydrogen) atoms.